The molecule has 3 nitrogen and oxygen atoms in total. The average Bonchev–Trinajstić information content (AvgIpc) is 2.67. The van der Waals surface area contributed by atoms with E-state index >= 15 is 0 Å². The molecule has 0 spiro atoms. The fourth-order valence-corrected chi connectivity index (χ4v) is 2.80. The molecule has 1 amide bonds. The quantitative estimate of drug-likeness (QED) is 0.793. The number of amides is 1. The molecule has 2 bridgehead atoms. The molecule has 0 unspecified atom stereocenters. The first-order chi connectivity index (χ1) is 8.22. The molecule has 90 valence electrons. The normalized spacial score (nSPS) is 27.2. The zero-order valence-corrected chi connectivity index (χ0v) is 9.53. The van der Waals surface area contributed by atoms with Crippen molar-refractivity contribution < 1.29 is 9.18 Å². The number of piperidine rings is 1. The summed E-state index contributed by atoms with van der Waals surface area (Å²) in [6, 6.07) is 6.35. The molecule has 1 aromatic rings. The minimum Gasteiger partial charge on any atom is -0.337 e. The van der Waals surface area contributed by atoms with E-state index in [4.69, 9.17) is 0 Å². The molecule has 2 aliphatic heterocycles. The smallest absolute Gasteiger partial charge is 0.254 e. The van der Waals surface area contributed by atoms with Crippen LogP contribution in [0.15, 0.2) is 24.3 Å². The molecule has 17 heavy (non-hydrogen) atoms. The number of hydrogen-bond donors (Lipinski definition) is 1. The molecule has 0 aromatic heterocycles. The van der Waals surface area contributed by atoms with Gasteiger partial charge in [-0.3, -0.25) is 4.79 Å². The van der Waals surface area contributed by atoms with Crippen LogP contribution in [-0.4, -0.2) is 36.5 Å². The van der Waals surface area contributed by atoms with Gasteiger partial charge in [0.1, 0.15) is 5.82 Å². The lowest BCUT2D eigenvalue weighted by atomic mass is 9.99. The van der Waals surface area contributed by atoms with Crippen molar-refractivity contribution in [3.63, 3.8) is 0 Å². The highest BCUT2D eigenvalue weighted by atomic mass is 19.1. The molecular formula is C13H15FN2O. The van der Waals surface area contributed by atoms with Crippen molar-refractivity contribution in [3.05, 3.63) is 35.6 Å². The zero-order valence-electron chi connectivity index (χ0n) is 9.53. The van der Waals surface area contributed by atoms with E-state index in [-0.39, 0.29) is 11.7 Å². The van der Waals surface area contributed by atoms with Gasteiger partial charge in [-0.15, -0.1) is 0 Å². The van der Waals surface area contributed by atoms with Gasteiger partial charge in [-0.25, -0.2) is 4.39 Å². The topological polar surface area (TPSA) is 32.3 Å². The van der Waals surface area contributed by atoms with Gasteiger partial charge >= 0.3 is 0 Å². The summed E-state index contributed by atoms with van der Waals surface area (Å²) in [5, 5.41) is 3.40. The molecule has 3 rings (SSSR count). The first kappa shape index (κ1) is 10.7. The van der Waals surface area contributed by atoms with Gasteiger partial charge in [0, 0.05) is 31.2 Å². The number of halogens is 1. The lowest BCUT2D eigenvalue weighted by Gasteiger charge is -2.31. The molecular weight excluding hydrogens is 219 g/mol. The molecule has 1 aromatic carbocycles. The first-order valence-corrected chi connectivity index (χ1v) is 6.00. The predicted molar refractivity (Wildman–Crippen MR) is 62.2 cm³/mol. The van der Waals surface area contributed by atoms with Gasteiger partial charge in [0.05, 0.1) is 0 Å². The maximum absolute atomic E-state index is 13.1. The van der Waals surface area contributed by atoms with Gasteiger partial charge in [0.25, 0.3) is 5.91 Å². The number of rotatable bonds is 1. The summed E-state index contributed by atoms with van der Waals surface area (Å²) < 4.78 is 13.1. The maximum atomic E-state index is 13.1. The highest BCUT2D eigenvalue weighted by Crippen LogP contribution is 2.23. The second-order valence-corrected chi connectivity index (χ2v) is 4.93. The molecule has 1 N–H and O–H groups in total. The van der Waals surface area contributed by atoms with Crippen molar-refractivity contribution in [2.45, 2.75) is 12.5 Å². The molecule has 2 aliphatic rings. The van der Waals surface area contributed by atoms with E-state index in [1.54, 1.807) is 12.1 Å². The van der Waals surface area contributed by atoms with Crippen LogP contribution < -0.4 is 5.32 Å². The number of nitrogens with zero attached hydrogens (tertiary/aromatic N) is 1. The Morgan fingerprint density at radius 3 is 3.06 bits per heavy atom. The third-order valence-corrected chi connectivity index (χ3v) is 3.59. The fraction of sp³-hybridized carbons (Fsp3) is 0.462. The van der Waals surface area contributed by atoms with Gasteiger partial charge in [0.15, 0.2) is 0 Å². The van der Waals surface area contributed by atoms with Gasteiger partial charge in [-0.1, -0.05) is 6.07 Å². The Labute approximate surface area is 99.6 Å². The van der Waals surface area contributed by atoms with Crippen LogP contribution in [0.4, 0.5) is 4.39 Å². The van der Waals surface area contributed by atoms with Crippen molar-refractivity contribution in [1.29, 1.82) is 0 Å². The van der Waals surface area contributed by atoms with E-state index in [1.165, 1.54) is 12.1 Å². The molecule has 2 fully saturated rings. The Balaban J connectivity index is 1.78. The Hall–Kier alpha value is -1.42. The van der Waals surface area contributed by atoms with Crippen LogP contribution in [0.5, 0.6) is 0 Å². The second kappa shape index (κ2) is 4.11. The van der Waals surface area contributed by atoms with E-state index in [0.717, 1.165) is 26.1 Å². The van der Waals surface area contributed by atoms with Crippen LogP contribution >= 0.6 is 0 Å². The van der Waals surface area contributed by atoms with E-state index in [0.29, 0.717) is 17.5 Å². The van der Waals surface area contributed by atoms with Gasteiger partial charge in [0.2, 0.25) is 0 Å². The van der Waals surface area contributed by atoms with Gasteiger partial charge in [-0.2, -0.15) is 0 Å². The van der Waals surface area contributed by atoms with Crippen LogP contribution in [0.25, 0.3) is 0 Å². The fourth-order valence-electron chi connectivity index (χ4n) is 2.80. The highest BCUT2D eigenvalue weighted by Gasteiger charge is 2.34. The van der Waals surface area contributed by atoms with Gasteiger partial charge < -0.3 is 10.2 Å². The number of fused-ring (bicyclic) bond motifs is 2. The molecule has 2 atom stereocenters. The van der Waals surface area contributed by atoms with Gasteiger partial charge in [-0.05, 0) is 30.5 Å². The Kier molecular flexibility index (Phi) is 2.59. The molecule has 4 heteroatoms. The van der Waals surface area contributed by atoms with Crippen LogP contribution in [0, 0.1) is 11.7 Å². The molecule has 0 aliphatic carbocycles. The standard InChI is InChI=1S/C13H15FN2O/c14-11-3-1-2-10(5-11)13(17)16-7-9-4-12(8-16)15-6-9/h1-3,5,9,12,15H,4,6-8H2/t9-,12+/m1/s1. The van der Waals surface area contributed by atoms with E-state index < -0.39 is 0 Å². The maximum Gasteiger partial charge on any atom is 0.254 e. The molecule has 2 heterocycles. The van der Waals surface area contributed by atoms with Crippen molar-refractivity contribution >= 4 is 5.91 Å². The van der Waals surface area contributed by atoms with Crippen molar-refractivity contribution in [1.82, 2.24) is 10.2 Å². The van der Waals surface area contributed by atoms with Crippen LogP contribution in [0.2, 0.25) is 0 Å². The Bertz CT molecular complexity index is 437. The lowest BCUT2D eigenvalue weighted by Crippen LogP contribution is -2.44. The number of nitrogens with one attached hydrogen (secondary N) is 1. The van der Waals surface area contributed by atoms with E-state index in [9.17, 15) is 9.18 Å². The predicted octanol–water partition coefficient (Wildman–Crippen LogP) is 1.26. The van der Waals surface area contributed by atoms with Crippen molar-refractivity contribution in [2.75, 3.05) is 19.6 Å². The van der Waals surface area contributed by atoms with Crippen molar-refractivity contribution in [2.24, 2.45) is 5.92 Å². The third kappa shape index (κ3) is 2.05. The molecule has 0 radical (unpaired) electrons. The van der Waals surface area contributed by atoms with Crippen LogP contribution in [0.3, 0.4) is 0 Å². The van der Waals surface area contributed by atoms with Crippen LogP contribution in [-0.2, 0) is 0 Å². The monoisotopic (exact) mass is 234 g/mol. The van der Waals surface area contributed by atoms with E-state index in [2.05, 4.69) is 5.32 Å². The zero-order chi connectivity index (χ0) is 11.8. The summed E-state index contributed by atoms with van der Waals surface area (Å²) in [5.74, 6) is 0.156. The van der Waals surface area contributed by atoms with Crippen LogP contribution in [0.1, 0.15) is 16.8 Å². The highest BCUT2D eigenvalue weighted by molar-refractivity contribution is 5.94. The number of carbonyl (C=O) groups excluding carboxylic acids is 1. The summed E-state index contributed by atoms with van der Waals surface area (Å²) in [5.41, 5.74) is 0.450. The number of carbonyl (C=O) groups is 1. The lowest BCUT2D eigenvalue weighted by molar-refractivity contribution is 0.0691. The number of hydrogen-bond acceptors (Lipinski definition) is 2. The minimum atomic E-state index is -0.353. The van der Waals surface area contributed by atoms with Crippen molar-refractivity contribution in [3.8, 4) is 0 Å². The first-order valence-electron chi connectivity index (χ1n) is 6.00. The largest absolute Gasteiger partial charge is 0.337 e. The molecule has 0 saturated carbocycles. The number of benzene rings is 1. The number of likely N-dealkylation sites (tertiary alicyclic amines) is 1. The summed E-state index contributed by atoms with van der Waals surface area (Å²) in [4.78, 5) is 14.0. The summed E-state index contributed by atoms with van der Waals surface area (Å²) >= 11 is 0. The second-order valence-electron chi connectivity index (χ2n) is 4.93. The Morgan fingerprint density at radius 2 is 2.29 bits per heavy atom. The summed E-state index contributed by atoms with van der Waals surface area (Å²) in [7, 11) is 0. The minimum absolute atomic E-state index is 0.0529. The average molecular weight is 234 g/mol. The summed E-state index contributed by atoms with van der Waals surface area (Å²) in [6.45, 7) is 2.53. The van der Waals surface area contributed by atoms with E-state index in [1.807, 2.05) is 4.90 Å². The SMILES string of the molecule is O=C(c1cccc(F)c1)N1C[C@H]2CN[C@@H](C2)C1. The summed E-state index contributed by atoms with van der Waals surface area (Å²) in [6.07, 6.45) is 1.16. The molecule has 2 saturated heterocycles. The third-order valence-electron chi connectivity index (χ3n) is 3.59. The Morgan fingerprint density at radius 1 is 1.41 bits per heavy atom.